The number of rotatable bonds is 3. The number of nitrogens with zero attached hydrogens (tertiary/aromatic N) is 1. The van der Waals surface area contributed by atoms with Crippen molar-refractivity contribution in [1.82, 2.24) is 10.2 Å². The summed E-state index contributed by atoms with van der Waals surface area (Å²) in [5.74, 6) is 1.41. The average molecular weight is 367 g/mol. The van der Waals surface area contributed by atoms with Crippen LogP contribution in [0.4, 0.5) is 0 Å². The van der Waals surface area contributed by atoms with Crippen molar-refractivity contribution in [2.75, 3.05) is 13.6 Å². The van der Waals surface area contributed by atoms with Crippen molar-refractivity contribution in [3.8, 4) is 11.5 Å². The number of phenolic OH excluding ortho intramolecular Hbond substituents is 1. The summed E-state index contributed by atoms with van der Waals surface area (Å²) < 4.78 is 6.67. The number of aromatic hydroxyl groups is 1. The van der Waals surface area contributed by atoms with Crippen molar-refractivity contribution in [2.45, 2.75) is 57.3 Å². The van der Waals surface area contributed by atoms with Gasteiger partial charge in [-0.25, -0.2) is 0 Å². The smallest absolute Gasteiger partial charge is 0.124 e. The molecular weight excluding hydrogens is 336 g/mol. The van der Waals surface area contributed by atoms with Crippen LogP contribution < -0.4 is 10.1 Å². The lowest BCUT2D eigenvalue weighted by molar-refractivity contribution is -0.00334. The van der Waals surface area contributed by atoms with Gasteiger partial charge in [-0.1, -0.05) is 35.9 Å². The van der Waals surface area contributed by atoms with Crippen LogP contribution in [-0.4, -0.2) is 35.2 Å². The van der Waals surface area contributed by atoms with Crippen molar-refractivity contribution in [1.29, 1.82) is 0 Å². The largest absolute Gasteiger partial charge is 0.508 e. The van der Waals surface area contributed by atoms with Crippen LogP contribution in [0.1, 0.15) is 42.4 Å². The molecule has 1 fully saturated rings. The quantitative estimate of drug-likeness (QED) is 0.862. The van der Waals surface area contributed by atoms with Crippen LogP contribution in [0, 0.1) is 6.92 Å². The van der Waals surface area contributed by atoms with E-state index in [4.69, 9.17) is 4.74 Å². The highest BCUT2D eigenvalue weighted by molar-refractivity contribution is 5.37. The van der Waals surface area contributed by atoms with E-state index in [0.717, 1.165) is 56.6 Å². The maximum Gasteiger partial charge on any atom is 0.124 e. The molecule has 1 heterocycles. The van der Waals surface area contributed by atoms with Gasteiger partial charge in [0.25, 0.3) is 0 Å². The predicted octanol–water partition coefficient (Wildman–Crippen LogP) is 4.00. The van der Waals surface area contributed by atoms with Gasteiger partial charge < -0.3 is 15.2 Å². The minimum atomic E-state index is -0.139. The van der Waals surface area contributed by atoms with Crippen LogP contribution >= 0.6 is 0 Å². The second-order valence-corrected chi connectivity index (χ2v) is 8.23. The molecule has 1 aliphatic heterocycles. The first kappa shape index (κ1) is 18.3. The van der Waals surface area contributed by atoms with Gasteiger partial charge in [-0.3, -0.25) is 4.90 Å². The van der Waals surface area contributed by atoms with Gasteiger partial charge >= 0.3 is 0 Å². The first-order chi connectivity index (χ1) is 13.1. The SMILES string of the molecule is CNC1CCC2(CC1)CN(Cc1cc(C)ccc1O)Cc1ccccc1O2. The Labute approximate surface area is 162 Å². The third-order valence-corrected chi connectivity index (χ3v) is 6.14. The fraction of sp³-hybridized carbons (Fsp3) is 0.478. The topological polar surface area (TPSA) is 44.7 Å². The molecule has 0 radical (unpaired) electrons. The second kappa shape index (κ2) is 7.53. The maximum atomic E-state index is 10.3. The van der Waals surface area contributed by atoms with Crippen molar-refractivity contribution in [2.24, 2.45) is 0 Å². The lowest BCUT2D eigenvalue weighted by Gasteiger charge is -2.41. The zero-order chi connectivity index (χ0) is 18.9. The van der Waals surface area contributed by atoms with Gasteiger partial charge in [0.1, 0.15) is 17.1 Å². The molecule has 1 aliphatic carbocycles. The first-order valence-corrected chi connectivity index (χ1v) is 10.0. The Morgan fingerprint density at radius 2 is 1.96 bits per heavy atom. The molecule has 2 N–H and O–H groups in total. The third kappa shape index (κ3) is 3.97. The summed E-state index contributed by atoms with van der Waals surface area (Å²) in [6, 6.07) is 14.9. The normalized spacial score (nSPS) is 25.6. The molecular formula is C23H30N2O2. The Morgan fingerprint density at radius 3 is 2.74 bits per heavy atom. The van der Waals surface area contributed by atoms with Gasteiger partial charge in [-0.2, -0.15) is 0 Å². The van der Waals surface area contributed by atoms with Gasteiger partial charge in [-0.05, 0) is 51.8 Å². The number of nitrogens with one attached hydrogen (secondary N) is 1. The Bertz CT molecular complexity index is 797. The molecule has 0 atom stereocenters. The fourth-order valence-electron chi connectivity index (χ4n) is 4.59. The summed E-state index contributed by atoms with van der Waals surface area (Å²) in [6.07, 6.45) is 4.40. The van der Waals surface area contributed by atoms with Crippen LogP contribution in [-0.2, 0) is 13.1 Å². The fourth-order valence-corrected chi connectivity index (χ4v) is 4.59. The third-order valence-electron chi connectivity index (χ3n) is 6.14. The number of benzene rings is 2. The van der Waals surface area contributed by atoms with Gasteiger partial charge in [0, 0.05) is 36.8 Å². The van der Waals surface area contributed by atoms with E-state index in [2.05, 4.69) is 54.5 Å². The monoisotopic (exact) mass is 366 g/mol. The van der Waals surface area contributed by atoms with E-state index in [1.54, 1.807) is 6.07 Å². The second-order valence-electron chi connectivity index (χ2n) is 8.23. The number of fused-ring (bicyclic) bond motifs is 1. The van der Waals surface area contributed by atoms with Gasteiger partial charge in [-0.15, -0.1) is 0 Å². The molecule has 0 aromatic heterocycles. The highest BCUT2D eigenvalue weighted by Gasteiger charge is 2.40. The summed E-state index contributed by atoms with van der Waals surface area (Å²) in [5, 5.41) is 13.8. The lowest BCUT2D eigenvalue weighted by atomic mass is 9.81. The average Bonchev–Trinajstić information content (AvgIpc) is 2.81. The van der Waals surface area contributed by atoms with Gasteiger partial charge in [0.05, 0.1) is 0 Å². The Balaban J connectivity index is 1.62. The molecule has 0 amide bonds. The van der Waals surface area contributed by atoms with Crippen molar-refractivity contribution in [3.63, 3.8) is 0 Å². The Kier molecular flexibility index (Phi) is 5.11. The summed E-state index contributed by atoms with van der Waals surface area (Å²) in [5.41, 5.74) is 3.27. The van der Waals surface area contributed by atoms with E-state index in [-0.39, 0.29) is 5.60 Å². The van der Waals surface area contributed by atoms with Crippen LogP contribution in [0.3, 0.4) is 0 Å². The summed E-state index contributed by atoms with van der Waals surface area (Å²) in [7, 11) is 2.05. The van der Waals surface area contributed by atoms with Crippen molar-refractivity contribution >= 4 is 0 Å². The van der Waals surface area contributed by atoms with E-state index >= 15 is 0 Å². The van der Waals surface area contributed by atoms with E-state index < -0.39 is 0 Å². The first-order valence-electron chi connectivity index (χ1n) is 10.0. The van der Waals surface area contributed by atoms with Crippen LogP contribution in [0.5, 0.6) is 11.5 Å². The summed E-state index contributed by atoms with van der Waals surface area (Å²) in [6.45, 7) is 4.55. The number of aryl methyl sites for hydroxylation is 1. The molecule has 4 heteroatoms. The molecule has 2 aromatic carbocycles. The minimum Gasteiger partial charge on any atom is -0.508 e. The van der Waals surface area contributed by atoms with Gasteiger partial charge in [0.15, 0.2) is 0 Å². The molecule has 0 bridgehead atoms. The molecule has 4 rings (SSSR count). The van der Waals surface area contributed by atoms with Crippen LogP contribution in [0.15, 0.2) is 42.5 Å². The molecule has 1 spiro atoms. The molecule has 0 unspecified atom stereocenters. The Hall–Kier alpha value is -2.04. The van der Waals surface area contributed by atoms with E-state index in [0.29, 0.717) is 11.8 Å². The molecule has 2 aromatic rings. The summed E-state index contributed by atoms with van der Waals surface area (Å²) >= 11 is 0. The number of hydrogen-bond acceptors (Lipinski definition) is 4. The molecule has 2 aliphatic rings. The summed E-state index contributed by atoms with van der Waals surface area (Å²) in [4.78, 5) is 2.44. The zero-order valence-corrected chi connectivity index (χ0v) is 16.4. The molecule has 144 valence electrons. The van der Waals surface area contributed by atoms with Crippen LogP contribution in [0.25, 0.3) is 0 Å². The minimum absolute atomic E-state index is 0.139. The van der Waals surface area contributed by atoms with Gasteiger partial charge in [0.2, 0.25) is 0 Å². The van der Waals surface area contributed by atoms with Crippen LogP contribution in [0.2, 0.25) is 0 Å². The highest BCUT2D eigenvalue weighted by atomic mass is 16.5. The van der Waals surface area contributed by atoms with Crippen molar-refractivity contribution < 1.29 is 9.84 Å². The molecule has 1 saturated carbocycles. The molecule has 27 heavy (non-hydrogen) atoms. The number of ether oxygens (including phenoxy) is 1. The molecule has 4 nitrogen and oxygen atoms in total. The van der Waals surface area contributed by atoms with E-state index in [1.807, 2.05) is 6.07 Å². The predicted molar refractivity (Wildman–Crippen MR) is 108 cm³/mol. The number of para-hydroxylation sites is 1. The number of hydrogen-bond donors (Lipinski definition) is 2. The molecule has 0 saturated heterocycles. The lowest BCUT2D eigenvalue weighted by Crippen LogP contribution is -2.50. The number of phenols is 1. The highest BCUT2D eigenvalue weighted by Crippen LogP contribution is 2.39. The standard InChI is InChI=1S/C23H30N2O2/c1-17-7-8-21(26)19(13-17)15-25-14-18-5-3-4-6-22(18)27-23(16-25)11-9-20(24-2)10-12-23/h3-8,13,20,24,26H,9-12,14-16H2,1-2H3. The van der Waals surface area contributed by atoms with E-state index in [9.17, 15) is 5.11 Å². The van der Waals surface area contributed by atoms with E-state index in [1.165, 1.54) is 11.1 Å². The zero-order valence-electron chi connectivity index (χ0n) is 16.4. The van der Waals surface area contributed by atoms with Crippen molar-refractivity contribution in [3.05, 3.63) is 59.2 Å². The maximum absolute atomic E-state index is 10.3. The Morgan fingerprint density at radius 1 is 1.19 bits per heavy atom.